The molecule has 12 rings (SSSR count). The summed E-state index contributed by atoms with van der Waals surface area (Å²) in [6, 6.07) is 15.4. The van der Waals surface area contributed by atoms with Gasteiger partial charge in [-0.1, -0.05) is 71.9 Å². The zero-order chi connectivity index (χ0) is 59.1. The Labute approximate surface area is 500 Å². The number of rotatable bonds is 11. The van der Waals surface area contributed by atoms with Gasteiger partial charge < -0.3 is 29.2 Å². The van der Waals surface area contributed by atoms with Crippen molar-refractivity contribution in [1.29, 1.82) is 0 Å². The van der Waals surface area contributed by atoms with E-state index in [4.69, 9.17) is 14.5 Å². The third kappa shape index (κ3) is 11.6. The van der Waals surface area contributed by atoms with E-state index in [1.54, 1.807) is 5.01 Å². The van der Waals surface area contributed by atoms with Crippen LogP contribution in [0.3, 0.4) is 0 Å². The lowest BCUT2D eigenvalue weighted by Gasteiger charge is -2.44. The number of cyclic esters (lactones) is 1. The topological polar surface area (TPSA) is 165 Å². The third-order valence-corrected chi connectivity index (χ3v) is 21.6. The fourth-order valence-electron chi connectivity index (χ4n) is 15.1. The van der Waals surface area contributed by atoms with Crippen molar-refractivity contribution in [3.63, 3.8) is 0 Å². The molecule has 6 saturated heterocycles. The van der Waals surface area contributed by atoms with Crippen molar-refractivity contribution >= 4 is 51.3 Å². The second kappa shape index (κ2) is 23.1. The summed E-state index contributed by atoms with van der Waals surface area (Å²) < 4.78 is 29.9. The summed E-state index contributed by atoms with van der Waals surface area (Å²) in [5, 5.41) is 5.99. The number of piperazine rings is 1. The van der Waals surface area contributed by atoms with Crippen molar-refractivity contribution in [3.05, 3.63) is 71.5 Å². The largest absolute Gasteiger partial charge is 0.464 e. The first-order valence-corrected chi connectivity index (χ1v) is 32.8. The van der Waals surface area contributed by atoms with Crippen LogP contribution >= 0.6 is 0 Å². The summed E-state index contributed by atoms with van der Waals surface area (Å²) >= 11 is 0. The fourth-order valence-corrected chi connectivity index (χ4v) is 16.6. The lowest BCUT2D eigenvalue weighted by Crippen LogP contribution is -2.62. The van der Waals surface area contributed by atoms with Crippen LogP contribution in [0.2, 0.25) is 0 Å². The third-order valence-electron chi connectivity index (χ3n) is 19.7. The van der Waals surface area contributed by atoms with Crippen LogP contribution in [0.1, 0.15) is 131 Å². The Balaban J connectivity index is 0.844. The zero-order valence-electron chi connectivity index (χ0n) is 51.6. The van der Waals surface area contributed by atoms with Crippen molar-refractivity contribution in [2.75, 3.05) is 83.6 Å². The molecular weight excluding hydrogens is 1080 g/mol. The summed E-state index contributed by atoms with van der Waals surface area (Å²) in [5.74, 6) is -0.284. The molecule has 4 aromatic rings. The van der Waals surface area contributed by atoms with Crippen LogP contribution in [0.25, 0.3) is 33.3 Å². The molecule has 84 heavy (non-hydrogen) atoms. The van der Waals surface area contributed by atoms with Gasteiger partial charge in [0, 0.05) is 92.6 Å². The van der Waals surface area contributed by atoms with Crippen LogP contribution in [0.15, 0.2) is 54.7 Å². The quantitative estimate of drug-likeness (QED) is 0.112. The van der Waals surface area contributed by atoms with Gasteiger partial charge in [-0.3, -0.25) is 39.0 Å². The van der Waals surface area contributed by atoms with E-state index in [1.807, 2.05) is 42.1 Å². The Kier molecular flexibility index (Phi) is 16.3. The zero-order valence-corrected chi connectivity index (χ0v) is 52.4. The maximum Gasteiger partial charge on any atom is 0.324 e. The summed E-state index contributed by atoms with van der Waals surface area (Å²) in [5.41, 5.74) is 12.3. The van der Waals surface area contributed by atoms with Crippen LogP contribution in [-0.2, 0) is 59.0 Å². The number of likely N-dealkylation sites (tertiary alicyclic amines) is 2. The van der Waals surface area contributed by atoms with Gasteiger partial charge in [-0.05, 0) is 137 Å². The molecule has 2 N–H and O–H groups in total. The number of carbonyl (C=O) groups excluding carboxylic acids is 4. The summed E-state index contributed by atoms with van der Waals surface area (Å²) in [7, 11) is -1.25. The van der Waals surface area contributed by atoms with Gasteiger partial charge in [-0.15, -0.1) is 0 Å². The first-order chi connectivity index (χ1) is 40.1. The van der Waals surface area contributed by atoms with Gasteiger partial charge in [0.1, 0.15) is 29.1 Å². The first kappa shape index (κ1) is 59.1. The van der Waals surface area contributed by atoms with Crippen molar-refractivity contribution in [2.45, 2.75) is 174 Å². The summed E-state index contributed by atoms with van der Waals surface area (Å²) in [6.07, 6.45) is 7.91. The lowest BCUT2D eigenvalue weighted by atomic mass is 9.83. The van der Waals surface area contributed by atoms with Gasteiger partial charge in [0.25, 0.3) is 5.91 Å². The Morgan fingerprint density at radius 2 is 1.71 bits per heavy atom. The van der Waals surface area contributed by atoms with Crippen LogP contribution in [0.4, 0.5) is 5.69 Å². The van der Waals surface area contributed by atoms with E-state index in [2.05, 4.69) is 121 Å². The number of hydrazine groups is 1. The van der Waals surface area contributed by atoms with E-state index in [0.29, 0.717) is 63.9 Å². The van der Waals surface area contributed by atoms with Gasteiger partial charge >= 0.3 is 5.97 Å². The molecule has 1 aliphatic carbocycles. The number of benzene rings is 2. The van der Waals surface area contributed by atoms with E-state index in [9.17, 15) is 13.8 Å². The second-order valence-corrected chi connectivity index (χ2v) is 30.6. The molecule has 1 saturated carbocycles. The Morgan fingerprint density at radius 3 is 2.46 bits per heavy atom. The number of hydrogen-bond acceptors (Lipinski definition) is 12. The van der Waals surface area contributed by atoms with Crippen molar-refractivity contribution in [1.82, 2.24) is 44.3 Å². The Morgan fingerprint density at radius 1 is 0.929 bits per heavy atom. The van der Waals surface area contributed by atoms with Crippen LogP contribution in [0, 0.1) is 22.7 Å². The minimum Gasteiger partial charge on any atom is -0.464 e. The van der Waals surface area contributed by atoms with Crippen molar-refractivity contribution in [2.24, 2.45) is 22.7 Å². The molecule has 9 atom stereocenters. The molecule has 18 heteroatoms. The molecule has 7 fully saturated rings. The van der Waals surface area contributed by atoms with E-state index in [0.717, 1.165) is 122 Å². The van der Waals surface area contributed by atoms with Crippen LogP contribution in [0.5, 0.6) is 0 Å². The number of carbonyl (C=O) groups is 4. The first-order valence-electron chi connectivity index (χ1n) is 31.7. The molecule has 9 heterocycles. The number of amides is 3. The average molecular weight is 1170 g/mol. The highest BCUT2D eigenvalue weighted by molar-refractivity contribution is 7.84. The number of aromatic nitrogens is 2. The van der Waals surface area contributed by atoms with Gasteiger partial charge in [0.2, 0.25) is 11.8 Å². The number of fused-ring (bicyclic) bond motifs is 7. The van der Waals surface area contributed by atoms with Crippen LogP contribution in [-0.4, -0.2) is 181 Å². The van der Waals surface area contributed by atoms with Gasteiger partial charge in [0.05, 0.1) is 66.0 Å². The number of pyridine rings is 1. The smallest absolute Gasteiger partial charge is 0.324 e. The number of nitrogens with one attached hydrogen (secondary N) is 2. The van der Waals surface area contributed by atoms with Gasteiger partial charge in [0.15, 0.2) is 0 Å². The monoisotopic (exact) mass is 1170 g/mol. The number of ether oxygens (including phenoxy) is 2. The highest BCUT2D eigenvalue weighted by Crippen LogP contribution is 2.51. The Hall–Kier alpha value is -5.24. The normalized spacial score (nSPS) is 28.6. The number of esters is 1. The molecule has 7 aliphatic heterocycles. The fraction of sp³-hybridized carbons (Fsp3) is 0.652. The average Bonchev–Trinajstić information content (AvgIpc) is 1.68. The molecule has 8 aliphatic rings. The van der Waals surface area contributed by atoms with Crippen LogP contribution < -0.4 is 15.6 Å². The van der Waals surface area contributed by atoms with Crippen molar-refractivity contribution < 1.29 is 32.9 Å². The molecule has 3 amide bonds. The lowest BCUT2D eigenvalue weighted by molar-refractivity contribution is -0.155. The van der Waals surface area contributed by atoms with E-state index >= 15 is 9.59 Å². The Bertz CT molecular complexity index is 3200. The minimum absolute atomic E-state index is 0.0600. The molecule has 17 nitrogen and oxygen atoms in total. The predicted molar refractivity (Wildman–Crippen MR) is 329 cm³/mol. The highest BCUT2D eigenvalue weighted by atomic mass is 32.2. The molecule has 2 aromatic heterocycles. The molecule has 1 spiro atoms. The molecule has 1 unspecified atom stereocenters. The highest BCUT2D eigenvalue weighted by Gasteiger charge is 2.64. The summed E-state index contributed by atoms with van der Waals surface area (Å²) in [6.45, 7) is 30.3. The van der Waals surface area contributed by atoms with E-state index in [1.165, 1.54) is 5.56 Å². The van der Waals surface area contributed by atoms with E-state index in [-0.39, 0.29) is 60.1 Å². The standard InChI is InChI=1S/C66H92N10O7S/c1-11-74-54-20-19-46-32-49(54)51(58(74)50-33-47(35-67-55(50)41(2)3)71-27-26-70-28-29-82-37-48(70)36-71)34-65(9,10)40-83-63(80)52-16-13-23-75(69-52)61(78)53(31-43-14-12-15-45(46)30-43)68-60(77)56(42(4)5)72-24-21-66(38-72)22-25-73(39-66)62(79)59-57(44-17-18-44)76(59)84(81)64(6,7)8/h12,14-15,19-20,30,32-33,35,41-42,44,48,52-53,56-57,59,69H,11,13,16-18,21-29,31,34,36-40H2,1-10H3,(H,68,77)/t48-,52-,53-,56-,57+,59+,66-,76?,84+/m0/s1. The second-order valence-electron chi connectivity index (χ2n) is 28.4. The van der Waals surface area contributed by atoms with Gasteiger partial charge in [-0.2, -0.15) is 0 Å². The van der Waals surface area contributed by atoms with Gasteiger partial charge in [-0.25, -0.2) is 13.9 Å². The SMILES string of the molecule is CCn1c(-c2cc(N3CCN4CCOC[C@@H]4C3)cnc2C(C)C)c2c3cc(ccc31)-c1cccc(c1)C[C@H](NC(=O)[C@H](C(C)C)N1CC[C@]3(CCN(C(=O)[C@H]4[C@@H](C5CC5)N4[S@](=O)C(C)(C)C)C3)C1)C(=O)N1CCC[C@H](N1)C(=O)OCC(C)(C)C2. The molecule has 6 bridgehead atoms. The number of anilines is 1. The predicted octanol–water partition coefficient (Wildman–Crippen LogP) is 7.56. The number of morpholine rings is 1. The molecule has 454 valence electrons. The number of nitrogens with zero attached hydrogens (tertiary/aromatic N) is 8. The molecule has 2 aromatic carbocycles. The number of hydrogen-bond donors (Lipinski definition) is 2. The number of aryl methyl sites for hydroxylation is 1. The van der Waals surface area contributed by atoms with E-state index < -0.39 is 45.2 Å². The molecule has 0 radical (unpaired) electrons. The maximum absolute atomic E-state index is 15.1. The van der Waals surface area contributed by atoms with Crippen molar-refractivity contribution in [3.8, 4) is 22.4 Å². The minimum atomic E-state index is -1.25. The maximum atomic E-state index is 15.1. The summed E-state index contributed by atoms with van der Waals surface area (Å²) in [4.78, 5) is 73.5. The molecular formula is C66H92N10O7S.